The molecule has 3 rings (SSSR count). The fourth-order valence-corrected chi connectivity index (χ4v) is 3.39. The Bertz CT molecular complexity index is 551. The summed E-state index contributed by atoms with van der Waals surface area (Å²) < 4.78 is 1.18. The van der Waals surface area contributed by atoms with Gasteiger partial charge in [0.1, 0.15) is 0 Å². The average Bonchev–Trinajstić information content (AvgIpc) is 2.82. The Morgan fingerprint density at radius 3 is 2.95 bits per heavy atom. The number of amides is 1. The van der Waals surface area contributed by atoms with Crippen LogP contribution in [0.5, 0.6) is 0 Å². The minimum Gasteiger partial charge on any atom is -0.333 e. The minimum absolute atomic E-state index is 0. The van der Waals surface area contributed by atoms with Gasteiger partial charge in [-0.2, -0.15) is 0 Å². The molecule has 0 radical (unpaired) electrons. The predicted molar refractivity (Wildman–Crippen MR) is 82.4 cm³/mol. The van der Waals surface area contributed by atoms with E-state index in [1.807, 2.05) is 23.1 Å². The number of hydrogen-bond acceptors (Lipinski definition) is 3. The maximum Gasteiger partial charge on any atom is 0.264 e. The van der Waals surface area contributed by atoms with Crippen molar-refractivity contribution >= 4 is 39.7 Å². The van der Waals surface area contributed by atoms with Gasteiger partial charge in [0.15, 0.2) is 0 Å². The molecule has 0 saturated carbocycles. The molecule has 2 heterocycles. The van der Waals surface area contributed by atoms with Gasteiger partial charge < -0.3 is 10.2 Å². The van der Waals surface area contributed by atoms with Crippen LogP contribution in [0.25, 0.3) is 10.1 Å². The van der Waals surface area contributed by atoms with Gasteiger partial charge in [0, 0.05) is 30.4 Å². The first-order valence-corrected chi connectivity index (χ1v) is 7.07. The zero-order valence-corrected chi connectivity index (χ0v) is 12.4. The van der Waals surface area contributed by atoms with Crippen LogP contribution >= 0.6 is 23.7 Å². The largest absolute Gasteiger partial charge is 0.333 e. The normalized spacial score (nSPS) is 19.2. The first kappa shape index (κ1) is 14.3. The number of nitrogens with one attached hydrogen (secondary N) is 1. The number of benzene rings is 1. The SMILES string of the molecule is C[C@@H]1CNCCN1C(=O)c1cc2ccccc2s1.Cl. The molecule has 1 aliphatic rings. The number of fused-ring (bicyclic) bond motifs is 1. The molecule has 0 aliphatic carbocycles. The van der Waals surface area contributed by atoms with Crippen molar-refractivity contribution in [2.45, 2.75) is 13.0 Å². The van der Waals surface area contributed by atoms with Crippen LogP contribution in [-0.2, 0) is 0 Å². The zero-order chi connectivity index (χ0) is 12.5. The molecule has 102 valence electrons. The number of hydrogen-bond donors (Lipinski definition) is 1. The number of carbonyl (C=O) groups excluding carboxylic acids is 1. The second kappa shape index (κ2) is 5.90. The van der Waals surface area contributed by atoms with Crippen LogP contribution in [0, 0.1) is 0 Å². The molecule has 1 aromatic heterocycles. The highest BCUT2D eigenvalue weighted by atomic mass is 35.5. The quantitative estimate of drug-likeness (QED) is 0.877. The summed E-state index contributed by atoms with van der Waals surface area (Å²) in [6, 6.07) is 10.4. The van der Waals surface area contributed by atoms with E-state index >= 15 is 0 Å². The lowest BCUT2D eigenvalue weighted by atomic mass is 10.2. The number of carbonyl (C=O) groups is 1. The van der Waals surface area contributed by atoms with Crippen LogP contribution < -0.4 is 5.32 Å². The number of nitrogens with zero attached hydrogens (tertiary/aromatic N) is 1. The Labute approximate surface area is 123 Å². The Morgan fingerprint density at radius 2 is 2.21 bits per heavy atom. The van der Waals surface area contributed by atoms with E-state index in [2.05, 4.69) is 24.4 Å². The van der Waals surface area contributed by atoms with Gasteiger partial charge in [-0.15, -0.1) is 23.7 Å². The van der Waals surface area contributed by atoms with Gasteiger partial charge in [0.2, 0.25) is 0 Å². The van der Waals surface area contributed by atoms with Crippen molar-refractivity contribution in [2.75, 3.05) is 19.6 Å². The van der Waals surface area contributed by atoms with Crippen LogP contribution in [0.15, 0.2) is 30.3 Å². The molecular formula is C14H17ClN2OS. The van der Waals surface area contributed by atoms with Gasteiger partial charge in [0.25, 0.3) is 5.91 Å². The van der Waals surface area contributed by atoms with E-state index in [0.29, 0.717) is 0 Å². The highest BCUT2D eigenvalue weighted by Gasteiger charge is 2.25. The minimum atomic E-state index is 0. The second-order valence-corrected chi connectivity index (χ2v) is 5.78. The third-order valence-electron chi connectivity index (χ3n) is 3.40. The smallest absolute Gasteiger partial charge is 0.264 e. The van der Waals surface area contributed by atoms with Gasteiger partial charge in [-0.05, 0) is 24.4 Å². The Hall–Kier alpha value is -1.10. The van der Waals surface area contributed by atoms with Crippen molar-refractivity contribution < 1.29 is 4.79 Å². The van der Waals surface area contributed by atoms with E-state index < -0.39 is 0 Å². The highest BCUT2D eigenvalue weighted by Crippen LogP contribution is 2.26. The Balaban J connectivity index is 0.00000133. The lowest BCUT2D eigenvalue weighted by Crippen LogP contribution is -2.52. The van der Waals surface area contributed by atoms with E-state index in [9.17, 15) is 4.79 Å². The third-order valence-corrected chi connectivity index (χ3v) is 4.50. The van der Waals surface area contributed by atoms with Gasteiger partial charge in [-0.25, -0.2) is 0 Å². The lowest BCUT2D eigenvalue weighted by Gasteiger charge is -2.33. The summed E-state index contributed by atoms with van der Waals surface area (Å²) in [6.45, 7) is 4.67. The predicted octanol–water partition coefficient (Wildman–Crippen LogP) is 2.76. The molecule has 1 aromatic carbocycles. The summed E-state index contributed by atoms with van der Waals surface area (Å²) in [7, 11) is 0. The third kappa shape index (κ3) is 2.76. The van der Waals surface area contributed by atoms with E-state index in [1.165, 1.54) is 4.70 Å². The molecule has 1 atom stereocenters. The van der Waals surface area contributed by atoms with Crippen molar-refractivity contribution in [3.8, 4) is 0 Å². The Kier molecular flexibility index (Phi) is 4.45. The highest BCUT2D eigenvalue weighted by molar-refractivity contribution is 7.20. The van der Waals surface area contributed by atoms with Gasteiger partial charge in [0.05, 0.1) is 4.88 Å². The van der Waals surface area contributed by atoms with Crippen LogP contribution in [0.2, 0.25) is 0 Å². The number of rotatable bonds is 1. The molecule has 0 unspecified atom stereocenters. The molecule has 1 saturated heterocycles. The molecular weight excluding hydrogens is 280 g/mol. The fraction of sp³-hybridized carbons (Fsp3) is 0.357. The maximum atomic E-state index is 12.5. The van der Waals surface area contributed by atoms with Crippen molar-refractivity contribution in [3.63, 3.8) is 0 Å². The standard InChI is InChI=1S/C14H16N2OS.ClH/c1-10-9-15-6-7-16(10)14(17)13-8-11-4-2-3-5-12(11)18-13;/h2-5,8,10,15H,6-7,9H2,1H3;1H/t10-;/m1./s1. The van der Waals surface area contributed by atoms with Gasteiger partial charge in [-0.1, -0.05) is 18.2 Å². The first-order valence-electron chi connectivity index (χ1n) is 6.26. The van der Waals surface area contributed by atoms with E-state index in [4.69, 9.17) is 0 Å². The molecule has 19 heavy (non-hydrogen) atoms. The molecule has 1 amide bonds. The van der Waals surface area contributed by atoms with Crippen molar-refractivity contribution in [3.05, 3.63) is 35.2 Å². The zero-order valence-electron chi connectivity index (χ0n) is 10.8. The van der Waals surface area contributed by atoms with Crippen molar-refractivity contribution in [1.29, 1.82) is 0 Å². The van der Waals surface area contributed by atoms with E-state index in [1.54, 1.807) is 11.3 Å². The lowest BCUT2D eigenvalue weighted by molar-refractivity contribution is 0.0661. The van der Waals surface area contributed by atoms with Crippen molar-refractivity contribution in [1.82, 2.24) is 10.2 Å². The van der Waals surface area contributed by atoms with Gasteiger partial charge >= 0.3 is 0 Å². The first-order chi connectivity index (χ1) is 8.75. The molecule has 1 N–H and O–H groups in total. The fourth-order valence-electron chi connectivity index (χ4n) is 2.37. The molecule has 5 heteroatoms. The molecule has 0 bridgehead atoms. The topological polar surface area (TPSA) is 32.3 Å². The van der Waals surface area contributed by atoms with Crippen LogP contribution in [0.3, 0.4) is 0 Å². The maximum absolute atomic E-state index is 12.5. The Morgan fingerprint density at radius 1 is 1.42 bits per heavy atom. The summed E-state index contributed by atoms with van der Waals surface area (Å²) in [4.78, 5) is 15.3. The molecule has 0 spiro atoms. The number of piperazine rings is 1. The van der Waals surface area contributed by atoms with E-state index in [-0.39, 0.29) is 24.4 Å². The second-order valence-electron chi connectivity index (χ2n) is 4.70. The van der Waals surface area contributed by atoms with Crippen LogP contribution in [0.4, 0.5) is 0 Å². The number of thiophene rings is 1. The molecule has 2 aromatic rings. The number of halogens is 1. The molecule has 3 nitrogen and oxygen atoms in total. The summed E-state index contributed by atoms with van der Waals surface area (Å²) in [5.41, 5.74) is 0. The summed E-state index contributed by atoms with van der Waals surface area (Å²) in [5, 5.41) is 4.47. The monoisotopic (exact) mass is 296 g/mol. The van der Waals surface area contributed by atoms with Crippen LogP contribution in [-0.4, -0.2) is 36.5 Å². The average molecular weight is 297 g/mol. The van der Waals surface area contributed by atoms with E-state index in [0.717, 1.165) is 29.9 Å². The summed E-state index contributed by atoms with van der Waals surface area (Å²) in [5.74, 6) is 0.171. The molecule has 1 aliphatic heterocycles. The summed E-state index contributed by atoms with van der Waals surface area (Å²) in [6.07, 6.45) is 0. The van der Waals surface area contributed by atoms with Crippen molar-refractivity contribution in [2.24, 2.45) is 0 Å². The molecule has 1 fully saturated rings. The van der Waals surface area contributed by atoms with Gasteiger partial charge in [-0.3, -0.25) is 4.79 Å². The summed E-state index contributed by atoms with van der Waals surface area (Å²) >= 11 is 1.59. The van der Waals surface area contributed by atoms with Crippen LogP contribution in [0.1, 0.15) is 16.6 Å².